The lowest BCUT2D eigenvalue weighted by Crippen LogP contribution is -2.37. The van der Waals surface area contributed by atoms with Gasteiger partial charge < -0.3 is 9.64 Å². The van der Waals surface area contributed by atoms with Gasteiger partial charge in [0.1, 0.15) is 17.3 Å². The van der Waals surface area contributed by atoms with E-state index in [9.17, 15) is 9.18 Å². The first kappa shape index (κ1) is 20.6. The SMILES string of the molecule is Cc1cnc(C(=O)N2CCc3nc(-c4ccncc4)nc(Oc4ccc(F)cc4)c3C2)cn1. The molecule has 0 aliphatic carbocycles. The molecule has 4 heterocycles. The first-order valence-electron chi connectivity index (χ1n) is 10.4. The summed E-state index contributed by atoms with van der Waals surface area (Å²) in [6.07, 6.45) is 6.91. The van der Waals surface area contributed by atoms with E-state index in [1.165, 1.54) is 30.5 Å². The molecule has 33 heavy (non-hydrogen) atoms. The van der Waals surface area contributed by atoms with Crippen molar-refractivity contribution in [2.24, 2.45) is 0 Å². The van der Waals surface area contributed by atoms with E-state index in [0.717, 1.165) is 17.0 Å². The van der Waals surface area contributed by atoms with Gasteiger partial charge in [0.05, 0.1) is 29.7 Å². The number of aryl methyl sites for hydroxylation is 1. The van der Waals surface area contributed by atoms with Crippen molar-refractivity contribution in [1.82, 2.24) is 29.8 Å². The van der Waals surface area contributed by atoms with Gasteiger partial charge in [0.25, 0.3) is 5.91 Å². The Balaban J connectivity index is 1.51. The van der Waals surface area contributed by atoms with Crippen LogP contribution >= 0.6 is 0 Å². The zero-order valence-corrected chi connectivity index (χ0v) is 17.8. The molecular weight excluding hydrogens is 423 g/mol. The van der Waals surface area contributed by atoms with Crippen LogP contribution in [0.5, 0.6) is 11.6 Å². The van der Waals surface area contributed by atoms with Gasteiger partial charge in [-0.15, -0.1) is 0 Å². The summed E-state index contributed by atoms with van der Waals surface area (Å²) in [5.41, 5.74) is 3.32. The van der Waals surface area contributed by atoms with Crippen LogP contribution in [0.25, 0.3) is 11.4 Å². The highest BCUT2D eigenvalue weighted by molar-refractivity contribution is 5.92. The zero-order valence-electron chi connectivity index (χ0n) is 17.8. The molecule has 0 fully saturated rings. The Morgan fingerprint density at radius 2 is 1.82 bits per heavy atom. The Bertz CT molecular complexity index is 1300. The van der Waals surface area contributed by atoms with Gasteiger partial charge in [0.2, 0.25) is 5.88 Å². The Labute approximate surface area is 189 Å². The fourth-order valence-electron chi connectivity index (χ4n) is 3.55. The van der Waals surface area contributed by atoms with E-state index in [4.69, 9.17) is 9.72 Å². The minimum absolute atomic E-state index is 0.223. The van der Waals surface area contributed by atoms with Crippen molar-refractivity contribution in [1.29, 1.82) is 0 Å². The molecule has 1 aromatic carbocycles. The van der Waals surface area contributed by atoms with Crippen molar-refractivity contribution >= 4 is 5.91 Å². The van der Waals surface area contributed by atoms with Gasteiger partial charge in [-0.05, 0) is 43.3 Å². The lowest BCUT2D eigenvalue weighted by atomic mass is 10.1. The predicted octanol–water partition coefficient (Wildman–Crippen LogP) is 3.77. The fourth-order valence-corrected chi connectivity index (χ4v) is 3.55. The molecule has 0 atom stereocenters. The van der Waals surface area contributed by atoms with Crippen LogP contribution < -0.4 is 4.74 Å². The van der Waals surface area contributed by atoms with E-state index < -0.39 is 0 Å². The van der Waals surface area contributed by atoms with Crippen LogP contribution in [0.3, 0.4) is 0 Å². The number of benzene rings is 1. The second-order valence-corrected chi connectivity index (χ2v) is 7.59. The number of halogens is 1. The minimum atomic E-state index is -0.361. The van der Waals surface area contributed by atoms with Gasteiger partial charge in [-0.1, -0.05) is 0 Å². The van der Waals surface area contributed by atoms with Gasteiger partial charge in [0, 0.05) is 37.1 Å². The number of rotatable bonds is 4. The summed E-state index contributed by atoms with van der Waals surface area (Å²) >= 11 is 0. The molecule has 0 spiro atoms. The van der Waals surface area contributed by atoms with Gasteiger partial charge >= 0.3 is 0 Å². The number of aromatic nitrogens is 5. The number of carbonyl (C=O) groups excluding carboxylic acids is 1. The molecule has 164 valence electrons. The van der Waals surface area contributed by atoms with Gasteiger partial charge in [-0.3, -0.25) is 14.8 Å². The van der Waals surface area contributed by atoms with Crippen LogP contribution in [0.1, 0.15) is 27.4 Å². The molecule has 0 bridgehead atoms. The first-order valence-corrected chi connectivity index (χ1v) is 10.4. The third-order valence-corrected chi connectivity index (χ3v) is 5.28. The topological polar surface area (TPSA) is 94.0 Å². The second kappa shape index (κ2) is 8.70. The number of ether oxygens (including phenoxy) is 1. The molecule has 0 unspecified atom stereocenters. The average molecular weight is 442 g/mol. The zero-order chi connectivity index (χ0) is 22.8. The highest BCUT2D eigenvalue weighted by Crippen LogP contribution is 2.32. The smallest absolute Gasteiger partial charge is 0.274 e. The molecular formula is C24H19FN6O2. The largest absolute Gasteiger partial charge is 0.439 e. The number of amides is 1. The maximum Gasteiger partial charge on any atom is 0.274 e. The highest BCUT2D eigenvalue weighted by atomic mass is 19.1. The van der Waals surface area contributed by atoms with Gasteiger partial charge in [0.15, 0.2) is 5.82 Å². The normalized spacial score (nSPS) is 12.8. The molecule has 1 aliphatic heterocycles. The van der Waals surface area contributed by atoms with E-state index in [2.05, 4.69) is 19.9 Å². The summed E-state index contributed by atoms with van der Waals surface area (Å²) in [4.78, 5) is 36.5. The maximum absolute atomic E-state index is 13.4. The Kier molecular flexibility index (Phi) is 5.43. The summed E-state index contributed by atoms with van der Waals surface area (Å²) in [5, 5.41) is 0. The Morgan fingerprint density at radius 3 is 2.55 bits per heavy atom. The predicted molar refractivity (Wildman–Crippen MR) is 117 cm³/mol. The number of nitrogens with zero attached hydrogens (tertiary/aromatic N) is 6. The monoisotopic (exact) mass is 442 g/mol. The highest BCUT2D eigenvalue weighted by Gasteiger charge is 2.28. The molecule has 3 aromatic heterocycles. The quantitative estimate of drug-likeness (QED) is 0.475. The summed E-state index contributed by atoms with van der Waals surface area (Å²) < 4.78 is 19.4. The van der Waals surface area contributed by atoms with Crippen LogP contribution in [0.4, 0.5) is 4.39 Å². The molecule has 0 saturated heterocycles. The van der Waals surface area contributed by atoms with E-state index >= 15 is 0 Å². The summed E-state index contributed by atoms with van der Waals surface area (Å²) in [7, 11) is 0. The van der Waals surface area contributed by atoms with Crippen molar-refractivity contribution in [3.8, 4) is 23.0 Å². The Hall–Kier alpha value is -4.27. The van der Waals surface area contributed by atoms with Crippen molar-refractivity contribution < 1.29 is 13.9 Å². The average Bonchev–Trinajstić information content (AvgIpc) is 2.85. The Morgan fingerprint density at radius 1 is 1.03 bits per heavy atom. The van der Waals surface area contributed by atoms with Crippen molar-refractivity contribution in [3.05, 3.63) is 89.6 Å². The lowest BCUT2D eigenvalue weighted by molar-refractivity contribution is 0.0725. The number of pyridine rings is 1. The molecule has 1 amide bonds. The molecule has 0 N–H and O–H groups in total. The third-order valence-electron chi connectivity index (χ3n) is 5.28. The number of carbonyl (C=O) groups is 1. The van der Waals surface area contributed by atoms with Gasteiger partial charge in [-0.2, -0.15) is 4.98 Å². The number of hydrogen-bond donors (Lipinski definition) is 0. The lowest BCUT2D eigenvalue weighted by Gasteiger charge is -2.29. The van der Waals surface area contributed by atoms with Crippen LogP contribution in [0.2, 0.25) is 0 Å². The molecule has 1 aliphatic rings. The molecule has 4 aromatic rings. The minimum Gasteiger partial charge on any atom is -0.439 e. The van der Waals surface area contributed by atoms with Gasteiger partial charge in [-0.25, -0.2) is 14.4 Å². The molecule has 5 rings (SSSR count). The number of fused-ring (bicyclic) bond motifs is 1. The van der Waals surface area contributed by atoms with E-state index in [0.29, 0.717) is 36.0 Å². The summed E-state index contributed by atoms with van der Waals surface area (Å²) in [6.45, 7) is 2.55. The summed E-state index contributed by atoms with van der Waals surface area (Å²) in [6, 6.07) is 9.33. The molecule has 0 radical (unpaired) electrons. The van der Waals surface area contributed by atoms with Crippen LogP contribution in [-0.2, 0) is 13.0 Å². The van der Waals surface area contributed by atoms with E-state index in [1.54, 1.807) is 23.5 Å². The van der Waals surface area contributed by atoms with E-state index in [-0.39, 0.29) is 24.0 Å². The second-order valence-electron chi connectivity index (χ2n) is 7.59. The maximum atomic E-state index is 13.4. The van der Waals surface area contributed by atoms with Crippen molar-refractivity contribution in [2.75, 3.05) is 6.54 Å². The fraction of sp³-hybridized carbons (Fsp3) is 0.167. The first-order chi connectivity index (χ1) is 16.1. The summed E-state index contributed by atoms with van der Waals surface area (Å²) in [5.74, 6) is 0.675. The van der Waals surface area contributed by atoms with Crippen molar-refractivity contribution in [2.45, 2.75) is 19.9 Å². The molecule has 9 heteroatoms. The van der Waals surface area contributed by atoms with Crippen molar-refractivity contribution in [3.63, 3.8) is 0 Å². The third kappa shape index (κ3) is 4.38. The number of hydrogen-bond acceptors (Lipinski definition) is 7. The van der Waals surface area contributed by atoms with Crippen LogP contribution in [-0.4, -0.2) is 42.3 Å². The standard InChI is InChI=1S/C24H19FN6O2/c1-15-12-28-21(13-27-15)24(32)31-11-8-20-19(14-31)23(33-18-4-2-17(25)3-5-18)30-22(29-20)16-6-9-26-10-7-16/h2-7,9-10,12-13H,8,11,14H2,1H3. The van der Waals surface area contributed by atoms with E-state index in [1.807, 2.05) is 19.1 Å². The molecule has 8 nitrogen and oxygen atoms in total. The van der Waals surface area contributed by atoms with Crippen LogP contribution in [0.15, 0.2) is 61.2 Å². The van der Waals surface area contributed by atoms with Crippen LogP contribution in [0, 0.1) is 12.7 Å². The molecule has 0 saturated carbocycles.